The Balaban J connectivity index is 1.89. The summed E-state index contributed by atoms with van der Waals surface area (Å²) in [5.74, 6) is 0.304. The van der Waals surface area contributed by atoms with Gasteiger partial charge in [0.15, 0.2) is 0 Å². The predicted octanol–water partition coefficient (Wildman–Crippen LogP) is 4.67. The highest BCUT2D eigenvalue weighted by Crippen LogP contribution is 2.49. The van der Waals surface area contributed by atoms with E-state index < -0.39 is 0 Å². The molecule has 2 unspecified atom stereocenters. The van der Waals surface area contributed by atoms with Crippen LogP contribution in [0.25, 0.3) is 0 Å². The third-order valence-electron chi connectivity index (χ3n) is 5.20. The average Bonchev–Trinajstić information content (AvgIpc) is 2.86. The maximum atomic E-state index is 4.57. The zero-order valence-electron chi connectivity index (χ0n) is 14.1. The van der Waals surface area contributed by atoms with Gasteiger partial charge in [-0.05, 0) is 41.9 Å². The molecule has 2 aliphatic heterocycles. The van der Waals surface area contributed by atoms with E-state index in [9.17, 15) is 0 Å². The van der Waals surface area contributed by atoms with E-state index in [0.29, 0.717) is 5.92 Å². The van der Waals surface area contributed by atoms with Crippen molar-refractivity contribution < 1.29 is 4.81 Å². The second kappa shape index (κ2) is 4.92. The van der Waals surface area contributed by atoms with Crippen LogP contribution in [-0.2, 0) is 0 Å². The Morgan fingerprint density at radius 2 is 1.96 bits per heavy atom. The van der Waals surface area contributed by atoms with Crippen molar-refractivity contribution in [3.63, 3.8) is 0 Å². The number of benzene rings is 1. The van der Waals surface area contributed by atoms with Crippen molar-refractivity contribution in [2.75, 3.05) is 0 Å². The lowest BCUT2D eigenvalue weighted by molar-refractivity contribution is -0.664. The zero-order valence-corrected chi connectivity index (χ0v) is 14.1. The van der Waals surface area contributed by atoms with Crippen molar-refractivity contribution in [3.05, 3.63) is 71.1 Å². The number of nitrogens with zero attached hydrogens (tertiary/aromatic N) is 2. The molecule has 1 aromatic carbocycles. The molecule has 3 heteroatoms. The molecular formula is C20H24N3+. The molecule has 0 saturated carbocycles. The predicted molar refractivity (Wildman–Crippen MR) is 91.7 cm³/mol. The van der Waals surface area contributed by atoms with Gasteiger partial charge in [-0.2, -0.15) is 0 Å². The van der Waals surface area contributed by atoms with Crippen LogP contribution in [0.15, 0.2) is 70.6 Å². The fraction of sp³-hybridized carbons (Fsp3) is 0.400. The molecule has 4 rings (SSSR count). The topological polar surface area (TPSA) is 27.4 Å². The van der Waals surface area contributed by atoms with Crippen LogP contribution in [0.3, 0.4) is 0 Å². The van der Waals surface area contributed by atoms with Gasteiger partial charge in [0.1, 0.15) is 6.20 Å². The largest absolute Gasteiger partial charge is 0.243 e. The molecule has 0 aromatic heterocycles. The van der Waals surface area contributed by atoms with E-state index in [2.05, 4.69) is 68.2 Å². The highest BCUT2D eigenvalue weighted by atomic mass is 15.6. The molecule has 0 saturated heterocycles. The number of fused-ring (bicyclic) bond motifs is 1. The molecule has 1 aliphatic carbocycles. The molecule has 2 atom stereocenters. The Morgan fingerprint density at radius 1 is 1.22 bits per heavy atom. The van der Waals surface area contributed by atoms with E-state index >= 15 is 0 Å². The average molecular weight is 306 g/mol. The van der Waals surface area contributed by atoms with Crippen LogP contribution in [0.5, 0.6) is 0 Å². The molecule has 0 spiro atoms. The Morgan fingerprint density at radius 3 is 2.70 bits per heavy atom. The molecule has 3 nitrogen and oxygen atoms in total. The van der Waals surface area contributed by atoms with Crippen molar-refractivity contribution >= 4 is 0 Å². The van der Waals surface area contributed by atoms with Crippen LogP contribution in [0, 0.1) is 5.41 Å². The van der Waals surface area contributed by atoms with E-state index in [0.717, 1.165) is 12.8 Å². The number of allylic oxidation sites excluding steroid dienone is 2. The highest BCUT2D eigenvalue weighted by molar-refractivity contribution is 5.48. The van der Waals surface area contributed by atoms with Gasteiger partial charge in [0, 0.05) is 15.5 Å². The number of hydrogen-bond donors (Lipinski definition) is 1. The van der Waals surface area contributed by atoms with Crippen LogP contribution in [0.1, 0.15) is 45.1 Å². The van der Waals surface area contributed by atoms with E-state index in [4.69, 9.17) is 0 Å². The number of azo groups is 1. The van der Waals surface area contributed by atoms with Crippen molar-refractivity contribution in [2.24, 2.45) is 10.5 Å². The van der Waals surface area contributed by atoms with E-state index in [-0.39, 0.29) is 11.5 Å². The van der Waals surface area contributed by atoms with Crippen LogP contribution < -0.4 is 5.43 Å². The minimum atomic E-state index is 0.245. The maximum Gasteiger partial charge on any atom is 0.243 e. The molecule has 0 amide bonds. The summed E-state index contributed by atoms with van der Waals surface area (Å²) in [6.45, 7) is 11.3. The van der Waals surface area contributed by atoms with Gasteiger partial charge < -0.3 is 0 Å². The molecule has 0 bridgehead atoms. The van der Waals surface area contributed by atoms with Crippen LogP contribution >= 0.6 is 0 Å². The first-order chi connectivity index (χ1) is 11.0. The first-order valence-electron chi connectivity index (χ1n) is 8.36. The lowest BCUT2D eigenvalue weighted by atomic mass is 9.68. The van der Waals surface area contributed by atoms with Crippen molar-refractivity contribution in [3.8, 4) is 0 Å². The summed E-state index contributed by atoms with van der Waals surface area (Å²) in [7, 11) is 0. The summed E-state index contributed by atoms with van der Waals surface area (Å²) in [4.78, 5) is 2.04. The van der Waals surface area contributed by atoms with Crippen LogP contribution in [-0.4, -0.2) is 10.8 Å². The minimum Gasteiger partial charge on any atom is -0.145 e. The molecule has 0 radical (unpaired) electrons. The van der Waals surface area contributed by atoms with E-state index in [1.165, 1.54) is 28.0 Å². The van der Waals surface area contributed by atoms with Gasteiger partial charge in [-0.1, -0.05) is 50.8 Å². The Kier molecular flexibility index (Phi) is 3.09. The summed E-state index contributed by atoms with van der Waals surface area (Å²) in [5, 5.41) is 4.57. The van der Waals surface area contributed by atoms with E-state index in [1.54, 1.807) is 0 Å². The number of nitrogens with one attached hydrogen (secondary N) is 1. The van der Waals surface area contributed by atoms with Gasteiger partial charge in [-0.15, -0.1) is 5.43 Å². The van der Waals surface area contributed by atoms with Gasteiger partial charge >= 0.3 is 0 Å². The second-order valence-corrected chi connectivity index (χ2v) is 7.79. The van der Waals surface area contributed by atoms with Gasteiger partial charge in [0.2, 0.25) is 6.04 Å². The Labute approximate surface area is 138 Å². The molecule has 1 aromatic rings. The van der Waals surface area contributed by atoms with Crippen LogP contribution in [0.4, 0.5) is 0 Å². The molecule has 1 N–H and O–H groups in total. The third-order valence-corrected chi connectivity index (χ3v) is 5.20. The van der Waals surface area contributed by atoms with Gasteiger partial charge in [-0.25, -0.2) is 0 Å². The Hall–Kier alpha value is -2.16. The van der Waals surface area contributed by atoms with Crippen molar-refractivity contribution in [1.82, 2.24) is 5.43 Å². The van der Waals surface area contributed by atoms with E-state index in [1.807, 2.05) is 11.0 Å². The number of hydrogen-bond acceptors (Lipinski definition) is 2. The van der Waals surface area contributed by atoms with Crippen molar-refractivity contribution in [1.29, 1.82) is 0 Å². The fourth-order valence-corrected chi connectivity index (χ4v) is 4.33. The molecular weight excluding hydrogens is 282 g/mol. The highest BCUT2D eigenvalue weighted by Gasteiger charge is 2.49. The summed E-state index contributed by atoms with van der Waals surface area (Å²) < 4.78 is 0. The second-order valence-electron chi connectivity index (χ2n) is 7.79. The van der Waals surface area contributed by atoms with Crippen LogP contribution in [0.2, 0.25) is 0 Å². The van der Waals surface area contributed by atoms with Gasteiger partial charge in [-0.3, -0.25) is 0 Å². The normalized spacial score (nSPS) is 28.6. The first kappa shape index (κ1) is 14.4. The Bertz CT molecular complexity index is 765. The smallest absolute Gasteiger partial charge is 0.145 e. The summed E-state index contributed by atoms with van der Waals surface area (Å²) in [6.07, 6.45) is 4.09. The lowest BCUT2D eigenvalue weighted by Gasteiger charge is -2.40. The van der Waals surface area contributed by atoms with Crippen molar-refractivity contribution in [2.45, 2.75) is 45.6 Å². The standard InChI is InChI=1S/C20H24N3/c1-13-10-20(3,4)11-16-17(13)18(15-8-6-5-7-9-15)19-14(2)12-21-23(19)22-16/h5-9,12,18-19H,1,10-11H2,2-4H3,(H,21,22)/q+1. The molecule has 23 heavy (non-hydrogen) atoms. The zero-order chi connectivity index (χ0) is 16.2. The number of rotatable bonds is 1. The third kappa shape index (κ3) is 2.26. The summed E-state index contributed by atoms with van der Waals surface area (Å²) in [6, 6.07) is 11.0. The summed E-state index contributed by atoms with van der Waals surface area (Å²) >= 11 is 0. The monoisotopic (exact) mass is 306 g/mol. The van der Waals surface area contributed by atoms with Gasteiger partial charge in [0.05, 0.1) is 11.6 Å². The molecule has 0 fully saturated rings. The molecule has 3 aliphatic rings. The number of hydrazine groups is 1. The quantitative estimate of drug-likeness (QED) is 0.750. The molecule has 2 heterocycles. The SMILES string of the molecule is C=C1CC(C)(C)CC2=C1C(c1ccccc1)C1C(C)=CN=[N+]1N2. The maximum absolute atomic E-state index is 4.57. The fourth-order valence-electron chi connectivity index (χ4n) is 4.33. The minimum absolute atomic E-state index is 0.245. The molecule has 118 valence electrons. The first-order valence-corrected chi connectivity index (χ1v) is 8.36. The lowest BCUT2D eigenvalue weighted by Crippen LogP contribution is -2.47. The summed E-state index contributed by atoms with van der Waals surface area (Å²) in [5.41, 5.74) is 10.4. The van der Waals surface area contributed by atoms with Gasteiger partial charge in [0.25, 0.3) is 0 Å².